The Morgan fingerprint density at radius 1 is 1.33 bits per heavy atom. The minimum Gasteiger partial charge on any atom is -0.376 e. The fraction of sp³-hybridized carbons (Fsp3) is 0.538. The molecule has 1 aliphatic carbocycles. The molecule has 1 aliphatic rings. The molecule has 1 aromatic rings. The first-order valence-electron chi connectivity index (χ1n) is 5.74. The molecule has 0 heterocycles. The number of hydrogen-bond acceptors (Lipinski definition) is 2. The molecule has 0 spiro atoms. The molecule has 1 saturated carbocycles. The number of aryl methyl sites for hydroxylation is 1. The second-order valence-electron chi connectivity index (χ2n) is 4.60. The van der Waals surface area contributed by atoms with Crippen molar-refractivity contribution in [3.05, 3.63) is 35.9 Å². The van der Waals surface area contributed by atoms with Crippen molar-refractivity contribution in [2.75, 3.05) is 0 Å². The van der Waals surface area contributed by atoms with Crippen LogP contribution in [0.2, 0.25) is 0 Å². The van der Waals surface area contributed by atoms with Crippen molar-refractivity contribution in [2.45, 2.75) is 37.8 Å². The van der Waals surface area contributed by atoms with Gasteiger partial charge in [-0.25, -0.2) is 0 Å². The third-order valence-electron chi connectivity index (χ3n) is 3.46. The van der Waals surface area contributed by atoms with Crippen LogP contribution in [0.25, 0.3) is 0 Å². The Balaban J connectivity index is 1.89. The van der Waals surface area contributed by atoms with Gasteiger partial charge in [-0.3, -0.25) is 0 Å². The summed E-state index contributed by atoms with van der Waals surface area (Å²) in [5.41, 5.74) is 6.27. The first-order valence-corrected chi connectivity index (χ1v) is 5.74. The third kappa shape index (κ3) is 2.58. The maximum absolute atomic E-state index is 9.91. The predicted molar refractivity (Wildman–Crippen MR) is 61.2 cm³/mol. The Morgan fingerprint density at radius 3 is 2.67 bits per heavy atom. The summed E-state index contributed by atoms with van der Waals surface area (Å²) in [4.78, 5) is 0. The Hall–Kier alpha value is -0.860. The Kier molecular flexibility index (Phi) is 3.08. The summed E-state index contributed by atoms with van der Waals surface area (Å²) in [6, 6.07) is 10.4. The maximum Gasteiger partial charge on any atom is 0.116 e. The van der Waals surface area contributed by atoms with Gasteiger partial charge in [0, 0.05) is 5.92 Å². The first-order chi connectivity index (χ1) is 7.18. The summed E-state index contributed by atoms with van der Waals surface area (Å²) >= 11 is 0. The van der Waals surface area contributed by atoms with E-state index in [-0.39, 0.29) is 5.92 Å². The summed E-state index contributed by atoms with van der Waals surface area (Å²) in [6.45, 7) is 0. The number of aliphatic hydroxyl groups is 1. The van der Waals surface area contributed by atoms with E-state index in [1.165, 1.54) is 5.56 Å². The van der Waals surface area contributed by atoms with Crippen molar-refractivity contribution in [3.63, 3.8) is 0 Å². The Bertz CT molecular complexity index is 308. The monoisotopic (exact) mass is 205 g/mol. The van der Waals surface area contributed by atoms with Crippen molar-refractivity contribution < 1.29 is 5.11 Å². The Morgan fingerprint density at radius 2 is 2.07 bits per heavy atom. The van der Waals surface area contributed by atoms with E-state index in [0.29, 0.717) is 0 Å². The van der Waals surface area contributed by atoms with Crippen molar-refractivity contribution in [3.8, 4) is 0 Å². The van der Waals surface area contributed by atoms with Crippen LogP contribution in [0.3, 0.4) is 0 Å². The molecule has 2 unspecified atom stereocenters. The number of nitrogens with two attached hydrogens (primary N) is 1. The van der Waals surface area contributed by atoms with E-state index in [4.69, 9.17) is 5.73 Å². The second kappa shape index (κ2) is 4.33. The zero-order chi connectivity index (χ0) is 10.7. The lowest BCUT2D eigenvalue weighted by atomic mass is 9.93. The highest BCUT2D eigenvalue weighted by molar-refractivity contribution is 5.14. The smallest absolute Gasteiger partial charge is 0.116 e. The van der Waals surface area contributed by atoms with Crippen LogP contribution in [0, 0.1) is 5.92 Å². The average molecular weight is 205 g/mol. The van der Waals surface area contributed by atoms with E-state index in [2.05, 4.69) is 24.3 Å². The van der Waals surface area contributed by atoms with E-state index >= 15 is 0 Å². The van der Waals surface area contributed by atoms with Gasteiger partial charge in [-0.2, -0.15) is 0 Å². The maximum atomic E-state index is 9.91. The minimum atomic E-state index is -0.908. The van der Waals surface area contributed by atoms with Crippen LogP contribution in [0.15, 0.2) is 30.3 Å². The van der Waals surface area contributed by atoms with Gasteiger partial charge in [0.2, 0.25) is 0 Å². The molecule has 0 aliphatic heterocycles. The van der Waals surface area contributed by atoms with Crippen LogP contribution in [-0.2, 0) is 6.42 Å². The molecule has 82 valence electrons. The highest BCUT2D eigenvalue weighted by atomic mass is 16.3. The van der Waals surface area contributed by atoms with Crippen molar-refractivity contribution in [1.82, 2.24) is 0 Å². The fourth-order valence-corrected chi connectivity index (χ4v) is 2.47. The van der Waals surface area contributed by atoms with E-state index in [9.17, 15) is 5.11 Å². The zero-order valence-electron chi connectivity index (χ0n) is 9.02. The highest BCUT2D eigenvalue weighted by Gasteiger charge is 2.36. The molecule has 0 bridgehead atoms. The van der Waals surface area contributed by atoms with Crippen LogP contribution >= 0.6 is 0 Å². The lowest BCUT2D eigenvalue weighted by molar-refractivity contribution is 0.00570. The molecule has 0 radical (unpaired) electrons. The fourth-order valence-electron chi connectivity index (χ4n) is 2.47. The van der Waals surface area contributed by atoms with E-state index < -0.39 is 5.72 Å². The zero-order valence-corrected chi connectivity index (χ0v) is 9.02. The molecule has 0 amide bonds. The molecule has 3 N–H and O–H groups in total. The van der Waals surface area contributed by atoms with Gasteiger partial charge >= 0.3 is 0 Å². The molecule has 2 atom stereocenters. The summed E-state index contributed by atoms with van der Waals surface area (Å²) in [7, 11) is 0. The standard InChI is InChI=1S/C13H19NO/c14-13(15)10-4-7-12(13)9-8-11-5-2-1-3-6-11/h1-3,5-6,12,15H,4,7-10,14H2. The summed E-state index contributed by atoms with van der Waals surface area (Å²) in [5, 5.41) is 9.91. The normalized spacial score (nSPS) is 30.7. The van der Waals surface area contributed by atoms with Crippen molar-refractivity contribution in [2.24, 2.45) is 11.7 Å². The summed E-state index contributed by atoms with van der Waals surface area (Å²) in [6.07, 6.45) is 4.90. The van der Waals surface area contributed by atoms with Gasteiger partial charge in [-0.1, -0.05) is 30.3 Å². The molecule has 2 rings (SSSR count). The predicted octanol–water partition coefficient (Wildman–Crippen LogP) is 2.07. The molecule has 1 fully saturated rings. The topological polar surface area (TPSA) is 46.2 Å². The summed E-state index contributed by atoms with van der Waals surface area (Å²) in [5.74, 6) is 0.276. The lowest BCUT2D eigenvalue weighted by Crippen LogP contribution is -2.43. The van der Waals surface area contributed by atoms with Gasteiger partial charge < -0.3 is 10.8 Å². The van der Waals surface area contributed by atoms with Gasteiger partial charge in [0.05, 0.1) is 0 Å². The number of hydrogen-bond donors (Lipinski definition) is 2. The van der Waals surface area contributed by atoms with E-state index in [0.717, 1.165) is 32.1 Å². The largest absolute Gasteiger partial charge is 0.376 e. The van der Waals surface area contributed by atoms with Crippen LogP contribution in [0.5, 0.6) is 0 Å². The van der Waals surface area contributed by atoms with Gasteiger partial charge in [0.25, 0.3) is 0 Å². The van der Waals surface area contributed by atoms with Gasteiger partial charge in [-0.05, 0) is 37.7 Å². The molecule has 2 heteroatoms. The Labute approximate surface area is 91.1 Å². The molecule has 0 saturated heterocycles. The molecule has 1 aromatic carbocycles. The second-order valence-corrected chi connectivity index (χ2v) is 4.60. The molecular weight excluding hydrogens is 186 g/mol. The van der Waals surface area contributed by atoms with Gasteiger partial charge in [0.1, 0.15) is 5.72 Å². The van der Waals surface area contributed by atoms with Gasteiger partial charge in [-0.15, -0.1) is 0 Å². The lowest BCUT2D eigenvalue weighted by Gasteiger charge is -2.25. The quantitative estimate of drug-likeness (QED) is 0.742. The van der Waals surface area contributed by atoms with Crippen molar-refractivity contribution in [1.29, 1.82) is 0 Å². The molecular formula is C13H19NO. The number of benzene rings is 1. The molecule has 0 aromatic heterocycles. The van der Waals surface area contributed by atoms with Crippen LogP contribution in [-0.4, -0.2) is 10.8 Å². The van der Waals surface area contributed by atoms with Crippen LogP contribution in [0.1, 0.15) is 31.2 Å². The van der Waals surface area contributed by atoms with Crippen LogP contribution < -0.4 is 5.73 Å². The van der Waals surface area contributed by atoms with Crippen molar-refractivity contribution >= 4 is 0 Å². The minimum absolute atomic E-state index is 0.276. The molecule has 2 nitrogen and oxygen atoms in total. The number of rotatable bonds is 3. The first kappa shape index (κ1) is 10.7. The van der Waals surface area contributed by atoms with E-state index in [1.54, 1.807) is 0 Å². The SMILES string of the molecule is NC1(O)CCCC1CCc1ccccc1. The van der Waals surface area contributed by atoms with E-state index in [1.807, 2.05) is 6.07 Å². The molecule has 15 heavy (non-hydrogen) atoms. The highest BCUT2D eigenvalue weighted by Crippen LogP contribution is 2.34. The van der Waals surface area contributed by atoms with Gasteiger partial charge in [0.15, 0.2) is 0 Å². The van der Waals surface area contributed by atoms with Crippen LogP contribution in [0.4, 0.5) is 0 Å². The third-order valence-corrected chi connectivity index (χ3v) is 3.46. The summed E-state index contributed by atoms with van der Waals surface area (Å²) < 4.78 is 0. The average Bonchev–Trinajstić information content (AvgIpc) is 2.56.